The molecule has 43 heavy (non-hydrogen) atoms. The van der Waals surface area contributed by atoms with Gasteiger partial charge in [0.15, 0.2) is 0 Å². The van der Waals surface area contributed by atoms with Crippen LogP contribution in [-0.4, -0.2) is 34.7 Å². The van der Waals surface area contributed by atoms with Gasteiger partial charge in [-0.15, -0.1) is 0 Å². The van der Waals surface area contributed by atoms with E-state index in [0.717, 1.165) is 42.0 Å². The van der Waals surface area contributed by atoms with Gasteiger partial charge in [-0.05, 0) is 105 Å². The van der Waals surface area contributed by atoms with Crippen LogP contribution in [0.2, 0.25) is 0 Å². The molecule has 0 atom stereocenters. The fraction of sp³-hybridized carbons (Fsp3) is 0.417. The van der Waals surface area contributed by atoms with Gasteiger partial charge in [0.25, 0.3) is 0 Å². The topological polar surface area (TPSA) is 97.8 Å². The molecule has 4 rings (SSSR count). The number of aromatic nitrogens is 1. The number of carbonyl (C=O) groups is 2. The summed E-state index contributed by atoms with van der Waals surface area (Å²) in [5.41, 5.74) is 3.50. The van der Waals surface area contributed by atoms with Gasteiger partial charge in [-0.25, -0.2) is 0 Å². The first-order valence-corrected chi connectivity index (χ1v) is 15.5. The van der Waals surface area contributed by atoms with E-state index in [1.165, 1.54) is 24.8 Å². The fourth-order valence-corrected chi connectivity index (χ4v) is 5.09. The predicted octanol–water partition coefficient (Wildman–Crippen LogP) is 7.94. The summed E-state index contributed by atoms with van der Waals surface area (Å²) >= 11 is 0. The molecule has 0 spiro atoms. The molecule has 2 N–H and O–H groups in total. The van der Waals surface area contributed by atoms with Crippen LogP contribution in [0.3, 0.4) is 0 Å². The van der Waals surface area contributed by atoms with Crippen molar-refractivity contribution in [2.45, 2.75) is 84.3 Å². The molecule has 0 aliphatic heterocycles. The second-order valence-corrected chi connectivity index (χ2v) is 11.4. The number of anilines is 1. The number of amides is 1. The van der Waals surface area contributed by atoms with E-state index in [2.05, 4.69) is 34.6 Å². The molecule has 3 aromatic rings. The number of rotatable bonds is 17. The zero-order chi connectivity index (χ0) is 30.5. The average Bonchev–Trinajstić information content (AvgIpc) is 2.99. The Morgan fingerprint density at radius 1 is 1.00 bits per heavy atom. The van der Waals surface area contributed by atoms with Crippen molar-refractivity contribution in [1.29, 1.82) is 0 Å². The third kappa shape index (κ3) is 9.79. The first-order valence-electron chi connectivity index (χ1n) is 15.5. The SMILES string of the molecule is CCC(CC)(CC(=O)Nc1cccc(C=Cc2cccc(COCCCCc3ccc(OC4CCC4)cc3)n2)c1)C(=O)O. The van der Waals surface area contributed by atoms with Crippen LogP contribution in [-0.2, 0) is 27.4 Å². The van der Waals surface area contributed by atoms with Crippen LogP contribution in [0, 0.1) is 5.41 Å². The molecule has 1 amide bonds. The molecule has 0 saturated heterocycles. The minimum Gasteiger partial charge on any atom is -0.490 e. The van der Waals surface area contributed by atoms with Crippen molar-refractivity contribution in [3.63, 3.8) is 0 Å². The molecule has 7 nitrogen and oxygen atoms in total. The van der Waals surface area contributed by atoms with Crippen LogP contribution >= 0.6 is 0 Å². The first kappa shape index (κ1) is 32.0. The van der Waals surface area contributed by atoms with E-state index >= 15 is 0 Å². The zero-order valence-corrected chi connectivity index (χ0v) is 25.4. The van der Waals surface area contributed by atoms with Crippen LogP contribution in [0.4, 0.5) is 5.69 Å². The fourth-order valence-electron chi connectivity index (χ4n) is 5.09. The van der Waals surface area contributed by atoms with Gasteiger partial charge in [-0.3, -0.25) is 14.6 Å². The first-order chi connectivity index (χ1) is 20.9. The van der Waals surface area contributed by atoms with E-state index in [0.29, 0.717) is 37.8 Å². The minimum absolute atomic E-state index is 0.0574. The summed E-state index contributed by atoms with van der Waals surface area (Å²) in [6, 6.07) is 21.8. The molecular weight excluding hydrogens is 540 g/mol. The van der Waals surface area contributed by atoms with Gasteiger partial charge in [0.05, 0.1) is 29.5 Å². The molecule has 0 unspecified atom stereocenters. The summed E-state index contributed by atoms with van der Waals surface area (Å²) < 4.78 is 11.8. The largest absolute Gasteiger partial charge is 0.490 e. The molecule has 0 bridgehead atoms. The lowest BCUT2D eigenvalue weighted by atomic mass is 9.79. The number of carboxylic acid groups (broad SMARTS) is 1. The monoisotopic (exact) mass is 584 g/mol. The van der Waals surface area contributed by atoms with Crippen LogP contribution in [0.15, 0.2) is 66.7 Å². The van der Waals surface area contributed by atoms with Gasteiger partial charge in [-0.2, -0.15) is 0 Å². The molecule has 1 saturated carbocycles. The lowest BCUT2D eigenvalue weighted by molar-refractivity contribution is -0.151. The Balaban J connectivity index is 1.19. The summed E-state index contributed by atoms with van der Waals surface area (Å²) in [6.07, 6.45) is 11.7. The van der Waals surface area contributed by atoms with Gasteiger partial charge in [-0.1, -0.05) is 50.3 Å². The van der Waals surface area contributed by atoms with E-state index in [1.54, 1.807) is 19.9 Å². The van der Waals surface area contributed by atoms with E-state index in [-0.39, 0.29) is 12.3 Å². The number of hydrogen-bond acceptors (Lipinski definition) is 5. The van der Waals surface area contributed by atoms with Crippen molar-refractivity contribution >= 4 is 29.7 Å². The smallest absolute Gasteiger partial charge is 0.310 e. The van der Waals surface area contributed by atoms with Crippen LogP contribution in [0.1, 0.15) is 87.7 Å². The number of hydrogen-bond donors (Lipinski definition) is 2. The van der Waals surface area contributed by atoms with E-state index in [4.69, 9.17) is 9.47 Å². The number of ether oxygens (including phenoxy) is 2. The number of aryl methyl sites for hydroxylation is 1. The third-order valence-corrected chi connectivity index (χ3v) is 8.28. The van der Waals surface area contributed by atoms with Gasteiger partial charge in [0, 0.05) is 18.7 Å². The van der Waals surface area contributed by atoms with Gasteiger partial charge >= 0.3 is 5.97 Å². The maximum atomic E-state index is 12.6. The lowest BCUT2D eigenvalue weighted by Gasteiger charge is -2.26. The average molecular weight is 585 g/mol. The molecule has 7 heteroatoms. The highest BCUT2D eigenvalue weighted by Gasteiger charge is 2.37. The quantitative estimate of drug-likeness (QED) is 0.156. The highest BCUT2D eigenvalue weighted by atomic mass is 16.5. The second-order valence-electron chi connectivity index (χ2n) is 11.4. The highest BCUT2D eigenvalue weighted by Crippen LogP contribution is 2.31. The van der Waals surface area contributed by atoms with Crippen molar-refractivity contribution in [3.05, 3.63) is 89.2 Å². The number of carbonyl (C=O) groups excluding carboxylic acids is 1. The Morgan fingerprint density at radius 2 is 1.77 bits per heavy atom. The molecule has 228 valence electrons. The van der Waals surface area contributed by atoms with E-state index < -0.39 is 11.4 Å². The van der Waals surface area contributed by atoms with Gasteiger partial charge < -0.3 is 19.9 Å². The Hall–Kier alpha value is -3.97. The molecule has 1 heterocycles. The molecule has 1 aliphatic rings. The zero-order valence-electron chi connectivity index (χ0n) is 25.4. The minimum atomic E-state index is -1.04. The maximum absolute atomic E-state index is 12.6. The normalized spacial score (nSPS) is 13.5. The van der Waals surface area contributed by atoms with E-state index in [1.807, 2.05) is 48.6 Å². The summed E-state index contributed by atoms with van der Waals surface area (Å²) in [5, 5.41) is 12.5. The maximum Gasteiger partial charge on any atom is 0.310 e. The Kier molecular flexibility index (Phi) is 11.9. The van der Waals surface area contributed by atoms with Crippen molar-refractivity contribution in [3.8, 4) is 5.75 Å². The number of benzene rings is 2. The number of aliphatic carboxylic acids is 1. The molecular formula is C36H44N2O5. The summed E-state index contributed by atoms with van der Waals surface area (Å²) in [5.74, 6) is -0.260. The van der Waals surface area contributed by atoms with Crippen LogP contribution in [0.5, 0.6) is 5.75 Å². The van der Waals surface area contributed by atoms with Crippen LogP contribution < -0.4 is 10.1 Å². The molecule has 2 aromatic carbocycles. The Morgan fingerprint density at radius 3 is 2.47 bits per heavy atom. The van der Waals surface area contributed by atoms with Crippen molar-refractivity contribution < 1.29 is 24.2 Å². The predicted molar refractivity (Wildman–Crippen MR) is 171 cm³/mol. The molecule has 1 fully saturated rings. The molecule has 1 aliphatic carbocycles. The molecule has 0 radical (unpaired) electrons. The summed E-state index contributed by atoms with van der Waals surface area (Å²) in [4.78, 5) is 29.1. The van der Waals surface area contributed by atoms with Crippen molar-refractivity contribution in [1.82, 2.24) is 4.98 Å². The molecule has 1 aromatic heterocycles. The number of nitrogens with zero attached hydrogens (tertiary/aromatic N) is 1. The third-order valence-electron chi connectivity index (χ3n) is 8.28. The number of pyridine rings is 1. The summed E-state index contributed by atoms with van der Waals surface area (Å²) in [6.45, 7) is 4.76. The van der Waals surface area contributed by atoms with Crippen molar-refractivity contribution in [2.24, 2.45) is 5.41 Å². The Labute approximate surface area is 255 Å². The van der Waals surface area contributed by atoms with Crippen LogP contribution in [0.25, 0.3) is 12.2 Å². The number of nitrogens with one attached hydrogen (secondary N) is 1. The number of carboxylic acids is 1. The highest BCUT2D eigenvalue weighted by molar-refractivity contribution is 5.94. The standard InChI is InChI=1S/C36H44N2O5/c1-3-36(4-2,35(40)41)25-34(39)38-30-13-7-11-28(24-30)17-20-29-12-8-14-31(37-29)26-42-23-6-5-10-27-18-21-33(22-19-27)43-32-15-9-16-32/h7-8,11-14,17-22,24,32H,3-6,9-10,15-16,23,25-26H2,1-2H3,(H,38,39)(H,40,41). The second kappa shape index (κ2) is 16.0. The lowest BCUT2D eigenvalue weighted by Crippen LogP contribution is -2.34. The van der Waals surface area contributed by atoms with Gasteiger partial charge in [0.1, 0.15) is 5.75 Å². The van der Waals surface area contributed by atoms with Crippen molar-refractivity contribution in [2.75, 3.05) is 11.9 Å². The van der Waals surface area contributed by atoms with E-state index in [9.17, 15) is 14.7 Å². The summed E-state index contributed by atoms with van der Waals surface area (Å²) in [7, 11) is 0. The Bertz CT molecular complexity index is 1360. The number of unbranched alkanes of at least 4 members (excludes halogenated alkanes) is 1. The van der Waals surface area contributed by atoms with Gasteiger partial charge in [0.2, 0.25) is 5.91 Å².